The van der Waals surface area contributed by atoms with Gasteiger partial charge in [-0.15, -0.1) is 0 Å². The number of hydrogen-bond acceptors (Lipinski definition) is 5. The fraction of sp³-hybridized carbons (Fsp3) is 0.250. The Kier molecular flexibility index (Phi) is 5.12. The highest BCUT2D eigenvalue weighted by Crippen LogP contribution is 2.17. The Balaban J connectivity index is 2.20. The average Bonchev–Trinajstić information content (AvgIpc) is 2.54. The molecule has 1 N–H and O–H groups in total. The summed E-state index contributed by atoms with van der Waals surface area (Å²) in [4.78, 5) is 15.8. The van der Waals surface area contributed by atoms with E-state index in [1.165, 1.54) is 25.4 Å². The molecule has 0 bridgehead atoms. The molecule has 0 unspecified atom stereocenters. The molecule has 1 aromatic carbocycles. The number of hydrogen-bond donors (Lipinski definition) is 1. The molecule has 0 saturated carbocycles. The van der Waals surface area contributed by atoms with Gasteiger partial charge in [-0.2, -0.15) is 0 Å². The molecule has 0 aliphatic carbocycles. The van der Waals surface area contributed by atoms with E-state index in [0.717, 1.165) is 5.56 Å². The fourth-order valence-electron chi connectivity index (χ4n) is 2.06. The van der Waals surface area contributed by atoms with Crippen molar-refractivity contribution in [2.75, 3.05) is 7.11 Å². The number of nitrogens with zero attached hydrogens (tertiary/aromatic N) is 1. The van der Waals surface area contributed by atoms with E-state index in [0.29, 0.717) is 16.8 Å². The molecule has 2 aromatic rings. The molecule has 0 spiro atoms. The maximum Gasteiger partial charge on any atom is 0.337 e. The maximum atomic E-state index is 12.4. The van der Waals surface area contributed by atoms with Gasteiger partial charge in [-0.25, -0.2) is 17.9 Å². The summed E-state index contributed by atoms with van der Waals surface area (Å²) in [6.07, 6.45) is 1.44. The summed E-state index contributed by atoms with van der Waals surface area (Å²) >= 11 is 0. The van der Waals surface area contributed by atoms with E-state index in [1.54, 1.807) is 19.1 Å². The van der Waals surface area contributed by atoms with Crippen LogP contribution in [0.1, 0.15) is 27.2 Å². The van der Waals surface area contributed by atoms with Gasteiger partial charge in [0.2, 0.25) is 10.0 Å². The van der Waals surface area contributed by atoms with Gasteiger partial charge in [-0.1, -0.05) is 12.1 Å². The topological polar surface area (TPSA) is 85.4 Å². The van der Waals surface area contributed by atoms with Gasteiger partial charge in [0.15, 0.2) is 0 Å². The van der Waals surface area contributed by atoms with Gasteiger partial charge in [0.1, 0.15) is 0 Å². The van der Waals surface area contributed by atoms with Gasteiger partial charge in [0.05, 0.1) is 29.8 Å². The summed E-state index contributed by atoms with van der Waals surface area (Å²) in [7, 11) is -2.37. The lowest BCUT2D eigenvalue weighted by atomic mass is 10.2. The minimum Gasteiger partial charge on any atom is -0.465 e. The fourth-order valence-corrected chi connectivity index (χ4v) is 3.39. The number of ether oxygens (including phenoxy) is 1. The molecule has 0 fully saturated rings. The smallest absolute Gasteiger partial charge is 0.337 e. The SMILES string of the molecule is COC(=O)c1ccnc(CNS(=O)(=O)c2cc(C)ccc2C)c1. The van der Waals surface area contributed by atoms with E-state index >= 15 is 0 Å². The zero-order chi connectivity index (χ0) is 17.0. The molecule has 0 saturated heterocycles. The first-order chi connectivity index (χ1) is 10.8. The van der Waals surface area contributed by atoms with E-state index < -0.39 is 16.0 Å². The Morgan fingerprint density at radius 2 is 1.96 bits per heavy atom. The van der Waals surface area contributed by atoms with Gasteiger partial charge in [-0.3, -0.25) is 4.98 Å². The van der Waals surface area contributed by atoms with Crippen LogP contribution < -0.4 is 4.72 Å². The second-order valence-corrected chi connectivity index (χ2v) is 6.86. The first-order valence-electron chi connectivity index (χ1n) is 6.93. The summed E-state index contributed by atoms with van der Waals surface area (Å²) in [6.45, 7) is 3.56. The van der Waals surface area contributed by atoms with Crippen LogP contribution in [0, 0.1) is 13.8 Å². The number of pyridine rings is 1. The molecule has 0 radical (unpaired) electrons. The van der Waals surface area contributed by atoms with Crippen LogP contribution >= 0.6 is 0 Å². The second kappa shape index (κ2) is 6.89. The van der Waals surface area contributed by atoms with Crippen molar-refractivity contribution in [3.63, 3.8) is 0 Å². The van der Waals surface area contributed by atoms with Crippen molar-refractivity contribution >= 4 is 16.0 Å². The molecule has 23 heavy (non-hydrogen) atoms. The van der Waals surface area contributed by atoms with Crippen LogP contribution in [0.5, 0.6) is 0 Å². The third-order valence-electron chi connectivity index (χ3n) is 3.31. The average molecular weight is 334 g/mol. The molecular weight excluding hydrogens is 316 g/mol. The molecule has 2 rings (SSSR count). The Hall–Kier alpha value is -2.25. The van der Waals surface area contributed by atoms with Crippen molar-refractivity contribution in [3.8, 4) is 0 Å². The summed E-state index contributed by atoms with van der Waals surface area (Å²) in [6, 6.07) is 8.25. The van der Waals surface area contributed by atoms with Crippen molar-refractivity contribution in [2.45, 2.75) is 25.3 Å². The Morgan fingerprint density at radius 1 is 1.22 bits per heavy atom. The number of methoxy groups -OCH3 is 1. The largest absolute Gasteiger partial charge is 0.465 e. The molecule has 1 heterocycles. The van der Waals surface area contributed by atoms with Gasteiger partial charge in [0, 0.05) is 6.20 Å². The number of aromatic nitrogens is 1. The molecule has 6 nitrogen and oxygen atoms in total. The number of carbonyl (C=O) groups excluding carboxylic acids is 1. The number of esters is 1. The highest BCUT2D eigenvalue weighted by molar-refractivity contribution is 7.89. The summed E-state index contributed by atoms with van der Waals surface area (Å²) in [5.74, 6) is -0.494. The Labute approximate surface area is 135 Å². The van der Waals surface area contributed by atoms with Gasteiger partial charge in [-0.05, 0) is 43.2 Å². The van der Waals surface area contributed by atoms with Crippen molar-refractivity contribution < 1.29 is 17.9 Å². The lowest BCUT2D eigenvalue weighted by Gasteiger charge is -2.10. The third-order valence-corrected chi connectivity index (χ3v) is 4.86. The molecule has 0 aliphatic heterocycles. The van der Waals surface area contributed by atoms with E-state index in [4.69, 9.17) is 0 Å². The van der Waals surface area contributed by atoms with Crippen LogP contribution in [0.25, 0.3) is 0 Å². The molecule has 7 heteroatoms. The lowest BCUT2D eigenvalue weighted by molar-refractivity contribution is 0.0600. The molecule has 0 atom stereocenters. The van der Waals surface area contributed by atoms with E-state index in [1.807, 2.05) is 13.0 Å². The Bertz CT molecular complexity index is 832. The highest BCUT2D eigenvalue weighted by atomic mass is 32.2. The van der Waals surface area contributed by atoms with Gasteiger partial charge >= 0.3 is 5.97 Å². The first kappa shape index (κ1) is 17.1. The predicted molar refractivity (Wildman–Crippen MR) is 85.5 cm³/mol. The number of nitrogens with one attached hydrogen (secondary N) is 1. The molecular formula is C16H18N2O4S. The van der Waals surface area contributed by atoms with Crippen LogP contribution in [0.15, 0.2) is 41.4 Å². The maximum absolute atomic E-state index is 12.4. The van der Waals surface area contributed by atoms with E-state index in [2.05, 4.69) is 14.4 Å². The Morgan fingerprint density at radius 3 is 2.65 bits per heavy atom. The molecule has 122 valence electrons. The minimum absolute atomic E-state index is 0.0133. The van der Waals surface area contributed by atoms with Crippen molar-refractivity contribution in [1.29, 1.82) is 0 Å². The number of sulfonamides is 1. The summed E-state index contributed by atoms with van der Waals surface area (Å²) in [5, 5.41) is 0. The number of carbonyl (C=O) groups is 1. The zero-order valence-corrected chi connectivity index (χ0v) is 14.0. The normalized spacial score (nSPS) is 11.3. The van der Waals surface area contributed by atoms with E-state index in [-0.39, 0.29) is 11.4 Å². The molecule has 0 amide bonds. The van der Waals surface area contributed by atoms with Crippen molar-refractivity contribution in [1.82, 2.24) is 9.71 Å². The van der Waals surface area contributed by atoms with Crippen LogP contribution in [0.3, 0.4) is 0 Å². The van der Waals surface area contributed by atoms with Crippen LogP contribution in [0.4, 0.5) is 0 Å². The quantitative estimate of drug-likeness (QED) is 0.845. The van der Waals surface area contributed by atoms with Gasteiger partial charge in [0.25, 0.3) is 0 Å². The zero-order valence-electron chi connectivity index (χ0n) is 13.2. The van der Waals surface area contributed by atoms with Crippen molar-refractivity contribution in [3.05, 3.63) is 58.9 Å². The van der Waals surface area contributed by atoms with Crippen LogP contribution in [-0.2, 0) is 21.3 Å². The summed E-state index contributed by atoms with van der Waals surface area (Å²) in [5.41, 5.74) is 2.28. The number of aryl methyl sites for hydroxylation is 2. The van der Waals surface area contributed by atoms with Crippen LogP contribution in [-0.4, -0.2) is 26.5 Å². The monoisotopic (exact) mass is 334 g/mol. The predicted octanol–water partition coefficient (Wildman–Crippen LogP) is 1.96. The number of benzene rings is 1. The van der Waals surface area contributed by atoms with Gasteiger partial charge < -0.3 is 4.74 Å². The third kappa shape index (κ3) is 4.14. The number of rotatable bonds is 5. The summed E-state index contributed by atoms with van der Waals surface area (Å²) < 4.78 is 32.0. The molecule has 1 aromatic heterocycles. The molecule has 0 aliphatic rings. The lowest BCUT2D eigenvalue weighted by Crippen LogP contribution is -2.24. The standard InChI is InChI=1S/C16H18N2O4S/c1-11-4-5-12(2)15(8-11)23(20,21)18-10-14-9-13(6-7-17-14)16(19)22-3/h4-9,18H,10H2,1-3H3. The second-order valence-electron chi connectivity index (χ2n) is 5.12. The first-order valence-corrected chi connectivity index (χ1v) is 8.42. The van der Waals surface area contributed by atoms with E-state index in [9.17, 15) is 13.2 Å². The van der Waals surface area contributed by atoms with Crippen LogP contribution in [0.2, 0.25) is 0 Å². The highest BCUT2D eigenvalue weighted by Gasteiger charge is 2.17. The minimum atomic E-state index is -3.66. The van der Waals surface area contributed by atoms with Crippen molar-refractivity contribution in [2.24, 2.45) is 0 Å².